The zero-order valence-electron chi connectivity index (χ0n) is 12.0. The Hall–Kier alpha value is -0.870. The molecule has 0 radical (unpaired) electrons. The second kappa shape index (κ2) is 5.41. The van der Waals surface area contributed by atoms with Gasteiger partial charge in [-0.15, -0.1) is 0 Å². The molecular weight excluding hydrogens is 226 g/mol. The molecule has 1 aromatic rings. The maximum atomic E-state index is 5.95. The maximum absolute atomic E-state index is 5.95. The molecule has 0 aliphatic carbocycles. The highest BCUT2D eigenvalue weighted by molar-refractivity contribution is 5.13. The Balaban J connectivity index is 2.12. The Morgan fingerprint density at radius 3 is 2.89 bits per heavy atom. The summed E-state index contributed by atoms with van der Waals surface area (Å²) in [5, 5.41) is 7.94. The second-order valence-electron chi connectivity index (χ2n) is 5.41. The van der Waals surface area contributed by atoms with Crippen LogP contribution in [0, 0.1) is 0 Å². The molecule has 0 amide bonds. The van der Waals surface area contributed by atoms with Crippen LogP contribution in [0.4, 0.5) is 0 Å². The average Bonchev–Trinajstić information content (AvgIpc) is 2.93. The molecule has 18 heavy (non-hydrogen) atoms. The van der Waals surface area contributed by atoms with Crippen LogP contribution < -0.4 is 5.32 Å². The van der Waals surface area contributed by atoms with Crippen molar-refractivity contribution in [2.75, 3.05) is 13.7 Å². The Morgan fingerprint density at radius 2 is 2.39 bits per heavy atom. The lowest BCUT2D eigenvalue weighted by Gasteiger charge is -2.33. The van der Waals surface area contributed by atoms with Crippen molar-refractivity contribution in [1.29, 1.82) is 0 Å². The number of ether oxygens (including phenoxy) is 1. The van der Waals surface area contributed by atoms with Gasteiger partial charge in [-0.25, -0.2) is 0 Å². The van der Waals surface area contributed by atoms with Crippen molar-refractivity contribution in [3.05, 3.63) is 17.5 Å². The van der Waals surface area contributed by atoms with E-state index in [1.165, 1.54) is 17.8 Å². The molecule has 1 N–H and O–H groups in total. The fraction of sp³-hybridized carbons (Fsp3) is 0.786. The molecule has 0 spiro atoms. The van der Waals surface area contributed by atoms with Crippen molar-refractivity contribution in [2.45, 2.75) is 51.2 Å². The van der Waals surface area contributed by atoms with E-state index in [0.717, 1.165) is 25.9 Å². The third-order valence-corrected chi connectivity index (χ3v) is 4.14. The van der Waals surface area contributed by atoms with Gasteiger partial charge in [0.25, 0.3) is 0 Å². The largest absolute Gasteiger partial charge is 0.374 e. The highest BCUT2D eigenvalue weighted by Crippen LogP contribution is 2.30. The molecule has 1 aliphatic heterocycles. The molecule has 2 rings (SSSR count). The van der Waals surface area contributed by atoms with Gasteiger partial charge in [0, 0.05) is 31.8 Å². The molecule has 0 bridgehead atoms. The van der Waals surface area contributed by atoms with E-state index < -0.39 is 0 Å². The van der Waals surface area contributed by atoms with Gasteiger partial charge in [0.2, 0.25) is 0 Å². The van der Waals surface area contributed by atoms with Crippen LogP contribution in [0.25, 0.3) is 0 Å². The first-order chi connectivity index (χ1) is 8.59. The number of aromatic nitrogens is 2. The van der Waals surface area contributed by atoms with E-state index in [1.807, 2.05) is 18.8 Å². The Kier molecular flexibility index (Phi) is 4.07. The van der Waals surface area contributed by atoms with Crippen LogP contribution in [0.1, 0.15) is 38.1 Å². The monoisotopic (exact) mass is 251 g/mol. The summed E-state index contributed by atoms with van der Waals surface area (Å²) >= 11 is 0. The lowest BCUT2D eigenvalue weighted by molar-refractivity contribution is -0.00986. The maximum Gasteiger partial charge on any atom is 0.0811 e. The first-order valence-corrected chi connectivity index (χ1v) is 6.92. The number of aryl methyl sites for hydroxylation is 2. The summed E-state index contributed by atoms with van der Waals surface area (Å²) in [6.45, 7) is 5.25. The molecular formula is C14H25N3O. The molecule has 0 aromatic carbocycles. The van der Waals surface area contributed by atoms with Crippen molar-refractivity contribution in [1.82, 2.24) is 15.1 Å². The molecule has 1 fully saturated rings. The van der Waals surface area contributed by atoms with Gasteiger partial charge < -0.3 is 10.1 Å². The zero-order chi connectivity index (χ0) is 13.2. The summed E-state index contributed by atoms with van der Waals surface area (Å²) < 4.78 is 7.95. The molecule has 1 aromatic heterocycles. The minimum absolute atomic E-state index is 0.0363. The Labute approximate surface area is 110 Å². The van der Waals surface area contributed by atoms with Crippen molar-refractivity contribution >= 4 is 0 Å². The van der Waals surface area contributed by atoms with Gasteiger partial charge in [-0.3, -0.25) is 4.68 Å². The number of hydrogen-bond acceptors (Lipinski definition) is 3. The zero-order valence-corrected chi connectivity index (χ0v) is 12.0. The van der Waals surface area contributed by atoms with Gasteiger partial charge in [-0.1, -0.05) is 6.92 Å². The number of nitrogens with one attached hydrogen (secondary N) is 1. The predicted octanol–water partition coefficient (Wildman–Crippen LogP) is 1.68. The second-order valence-corrected chi connectivity index (χ2v) is 5.41. The topological polar surface area (TPSA) is 39.1 Å². The van der Waals surface area contributed by atoms with Gasteiger partial charge in [0.05, 0.1) is 11.3 Å². The van der Waals surface area contributed by atoms with E-state index >= 15 is 0 Å². The van der Waals surface area contributed by atoms with E-state index in [2.05, 4.69) is 30.3 Å². The molecule has 2 atom stereocenters. The minimum Gasteiger partial charge on any atom is -0.374 e. The highest BCUT2D eigenvalue weighted by atomic mass is 16.5. The summed E-state index contributed by atoms with van der Waals surface area (Å²) in [7, 11) is 4.05. The van der Waals surface area contributed by atoms with Crippen molar-refractivity contribution < 1.29 is 4.74 Å². The van der Waals surface area contributed by atoms with E-state index in [0.29, 0.717) is 6.04 Å². The SMILES string of the molecule is CCc1cc(CC(NC)C2(C)CCCO2)n(C)n1. The normalized spacial score (nSPS) is 25.6. The summed E-state index contributed by atoms with van der Waals surface area (Å²) in [5.74, 6) is 0. The summed E-state index contributed by atoms with van der Waals surface area (Å²) in [6, 6.07) is 2.56. The predicted molar refractivity (Wildman–Crippen MR) is 72.7 cm³/mol. The third-order valence-electron chi connectivity index (χ3n) is 4.14. The van der Waals surface area contributed by atoms with E-state index in [9.17, 15) is 0 Å². The summed E-state index contributed by atoms with van der Waals surface area (Å²) in [4.78, 5) is 0. The first-order valence-electron chi connectivity index (χ1n) is 6.92. The van der Waals surface area contributed by atoms with Gasteiger partial charge in [-0.05, 0) is 39.3 Å². The first kappa shape index (κ1) is 13.6. The third kappa shape index (κ3) is 2.59. The molecule has 1 aliphatic rings. The number of nitrogens with zero attached hydrogens (tertiary/aromatic N) is 2. The molecule has 102 valence electrons. The van der Waals surface area contributed by atoms with Crippen molar-refractivity contribution in [3.8, 4) is 0 Å². The van der Waals surface area contributed by atoms with Crippen LogP contribution in [0.3, 0.4) is 0 Å². The van der Waals surface area contributed by atoms with Crippen LogP contribution in [-0.4, -0.2) is 35.1 Å². The van der Waals surface area contributed by atoms with E-state index in [4.69, 9.17) is 4.74 Å². The van der Waals surface area contributed by atoms with Gasteiger partial charge >= 0.3 is 0 Å². The smallest absolute Gasteiger partial charge is 0.0811 e. The van der Waals surface area contributed by atoms with Crippen LogP contribution >= 0.6 is 0 Å². The summed E-state index contributed by atoms with van der Waals surface area (Å²) in [5.41, 5.74) is 2.41. The number of rotatable bonds is 5. The standard InChI is InChI=1S/C14H25N3O/c1-5-11-9-12(17(4)16-11)10-13(15-3)14(2)7-6-8-18-14/h9,13,15H,5-8,10H2,1-4H3. The number of hydrogen-bond donors (Lipinski definition) is 1. The highest BCUT2D eigenvalue weighted by Gasteiger charge is 2.37. The van der Waals surface area contributed by atoms with Gasteiger partial charge in [0.15, 0.2) is 0 Å². The van der Waals surface area contributed by atoms with Crippen LogP contribution in [0.15, 0.2) is 6.07 Å². The molecule has 2 heterocycles. The average molecular weight is 251 g/mol. The Morgan fingerprint density at radius 1 is 1.61 bits per heavy atom. The molecule has 4 nitrogen and oxygen atoms in total. The van der Waals surface area contributed by atoms with Gasteiger partial charge in [-0.2, -0.15) is 5.10 Å². The van der Waals surface area contributed by atoms with Crippen LogP contribution in [0.5, 0.6) is 0 Å². The molecule has 4 heteroatoms. The van der Waals surface area contributed by atoms with Crippen LogP contribution in [-0.2, 0) is 24.6 Å². The Bertz CT molecular complexity index is 394. The van der Waals surface area contributed by atoms with E-state index in [-0.39, 0.29) is 5.60 Å². The molecule has 2 unspecified atom stereocenters. The lowest BCUT2D eigenvalue weighted by Crippen LogP contribution is -2.48. The molecule has 0 saturated carbocycles. The lowest BCUT2D eigenvalue weighted by atomic mass is 9.90. The number of likely N-dealkylation sites (N-methyl/N-ethyl adjacent to an activating group) is 1. The van der Waals surface area contributed by atoms with Crippen LogP contribution in [0.2, 0.25) is 0 Å². The summed E-state index contributed by atoms with van der Waals surface area (Å²) in [6.07, 6.45) is 4.26. The fourth-order valence-corrected chi connectivity index (χ4v) is 2.84. The van der Waals surface area contributed by atoms with Crippen molar-refractivity contribution in [2.24, 2.45) is 7.05 Å². The van der Waals surface area contributed by atoms with Crippen molar-refractivity contribution in [3.63, 3.8) is 0 Å². The fourth-order valence-electron chi connectivity index (χ4n) is 2.84. The van der Waals surface area contributed by atoms with Gasteiger partial charge in [0.1, 0.15) is 0 Å². The quantitative estimate of drug-likeness (QED) is 0.865. The minimum atomic E-state index is -0.0363. The molecule has 1 saturated heterocycles. The van der Waals surface area contributed by atoms with E-state index in [1.54, 1.807) is 0 Å².